The van der Waals surface area contributed by atoms with Crippen molar-refractivity contribution in [2.24, 2.45) is 0 Å². The number of rotatable bonds is 8. The highest BCUT2D eigenvalue weighted by molar-refractivity contribution is 5.84. The van der Waals surface area contributed by atoms with Crippen LogP contribution in [0.2, 0.25) is 0 Å². The highest BCUT2D eigenvalue weighted by atomic mass is 16.5. The number of carboxylic acid groups (broad SMARTS) is 2. The molecule has 3 N–H and O–H groups in total. The number of carboxylic acids is 2. The van der Waals surface area contributed by atoms with Crippen molar-refractivity contribution in [1.29, 1.82) is 0 Å². The van der Waals surface area contributed by atoms with Gasteiger partial charge in [-0.15, -0.1) is 0 Å². The summed E-state index contributed by atoms with van der Waals surface area (Å²) in [5, 5.41) is 23.2. The maximum absolute atomic E-state index is 11.6. The summed E-state index contributed by atoms with van der Waals surface area (Å²) in [7, 11) is 0. The third-order valence-corrected chi connectivity index (χ3v) is 2.42. The quantitative estimate of drug-likeness (QED) is 0.593. The molecular weight excluding hydrogens is 270 g/mol. The van der Waals surface area contributed by atoms with E-state index >= 15 is 0 Å². The summed E-state index contributed by atoms with van der Waals surface area (Å²) >= 11 is 0. The number of carbonyl (C=O) groups excluding carboxylic acids is 1. The lowest BCUT2D eigenvalue weighted by molar-refractivity contribution is -0.143. The number of aliphatic carboxylic acids is 2. The lowest BCUT2D eigenvalue weighted by Gasteiger charge is -2.12. The fourth-order valence-corrected chi connectivity index (χ4v) is 1.45. The second-order valence-corrected chi connectivity index (χ2v) is 4.13. The summed E-state index contributed by atoms with van der Waals surface area (Å²) in [6.07, 6.45) is -0.327. The lowest BCUT2D eigenvalue weighted by atomic mass is 10.1. The first-order valence-electron chi connectivity index (χ1n) is 5.91. The number of amides is 1. The number of carbonyl (C=O) groups is 3. The third kappa shape index (κ3) is 5.46. The van der Waals surface area contributed by atoms with E-state index in [-0.39, 0.29) is 31.6 Å². The minimum Gasteiger partial charge on any atom is -0.481 e. The molecule has 0 saturated heterocycles. The van der Waals surface area contributed by atoms with Crippen LogP contribution in [0.1, 0.15) is 31.0 Å². The molecule has 1 amide bonds. The molecule has 9 nitrogen and oxygen atoms in total. The average Bonchev–Trinajstić information content (AvgIpc) is 2.77. The van der Waals surface area contributed by atoms with Crippen molar-refractivity contribution < 1.29 is 29.1 Å². The van der Waals surface area contributed by atoms with E-state index in [4.69, 9.17) is 14.7 Å². The van der Waals surface area contributed by atoms with Crippen molar-refractivity contribution in [3.8, 4) is 0 Å². The Morgan fingerprint density at radius 3 is 2.50 bits per heavy atom. The van der Waals surface area contributed by atoms with Crippen LogP contribution < -0.4 is 5.32 Å². The van der Waals surface area contributed by atoms with Gasteiger partial charge < -0.3 is 20.1 Å². The van der Waals surface area contributed by atoms with Gasteiger partial charge in [0.25, 0.3) is 0 Å². The van der Waals surface area contributed by atoms with E-state index < -0.39 is 23.9 Å². The van der Waals surface area contributed by atoms with Crippen LogP contribution in [0.25, 0.3) is 0 Å². The molecule has 1 heterocycles. The van der Waals surface area contributed by atoms with E-state index in [2.05, 4.69) is 15.5 Å². The predicted octanol–water partition coefficient (Wildman–Crippen LogP) is -0.255. The largest absolute Gasteiger partial charge is 0.481 e. The van der Waals surface area contributed by atoms with Crippen LogP contribution in [0.3, 0.4) is 0 Å². The molecule has 20 heavy (non-hydrogen) atoms. The Morgan fingerprint density at radius 1 is 1.30 bits per heavy atom. The van der Waals surface area contributed by atoms with Gasteiger partial charge >= 0.3 is 11.9 Å². The fourth-order valence-electron chi connectivity index (χ4n) is 1.45. The molecule has 0 fully saturated rings. The van der Waals surface area contributed by atoms with Gasteiger partial charge in [0.15, 0.2) is 5.82 Å². The summed E-state index contributed by atoms with van der Waals surface area (Å²) in [5.41, 5.74) is 0. The zero-order chi connectivity index (χ0) is 15.1. The Balaban J connectivity index is 2.41. The van der Waals surface area contributed by atoms with Gasteiger partial charge in [-0.25, -0.2) is 4.79 Å². The molecule has 1 aromatic rings. The van der Waals surface area contributed by atoms with Crippen LogP contribution in [0.15, 0.2) is 4.52 Å². The second-order valence-electron chi connectivity index (χ2n) is 4.13. The van der Waals surface area contributed by atoms with E-state index in [1.54, 1.807) is 6.92 Å². The van der Waals surface area contributed by atoms with Crippen LogP contribution >= 0.6 is 0 Å². The topological polar surface area (TPSA) is 143 Å². The molecule has 0 aliphatic rings. The first kappa shape index (κ1) is 15.6. The van der Waals surface area contributed by atoms with E-state index in [0.29, 0.717) is 5.82 Å². The number of aromatic nitrogens is 2. The van der Waals surface area contributed by atoms with Crippen LogP contribution in [0, 0.1) is 6.92 Å². The minimum absolute atomic E-state index is 0.0154. The van der Waals surface area contributed by atoms with Gasteiger partial charge in [-0.2, -0.15) is 4.98 Å². The Bertz CT molecular complexity index is 498. The molecule has 1 rings (SSSR count). The van der Waals surface area contributed by atoms with E-state index in [9.17, 15) is 14.4 Å². The van der Waals surface area contributed by atoms with Crippen molar-refractivity contribution in [2.45, 2.75) is 38.6 Å². The Morgan fingerprint density at radius 2 is 2.00 bits per heavy atom. The summed E-state index contributed by atoms with van der Waals surface area (Å²) in [6.45, 7) is 1.64. The molecule has 0 radical (unpaired) electrons. The van der Waals surface area contributed by atoms with Gasteiger partial charge in [0.1, 0.15) is 6.04 Å². The summed E-state index contributed by atoms with van der Waals surface area (Å²) in [6, 6.07) is -1.22. The number of aryl methyl sites for hydroxylation is 2. The van der Waals surface area contributed by atoms with Gasteiger partial charge in [0.05, 0.1) is 0 Å². The Hall–Kier alpha value is -2.45. The molecule has 0 unspecified atom stereocenters. The summed E-state index contributed by atoms with van der Waals surface area (Å²) in [5.74, 6) is -2.17. The molecule has 110 valence electrons. The maximum Gasteiger partial charge on any atom is 0.326 e. The zero-order valence-electron chi connectivity index (χ0n) is 10.8. The van der Waals surface area contributed by atoms with Crippen LogP contribution in [0.4, 0.5) is 0 Å². The van der Waals surface area contributed by atoms with Crippen LogP contribution in [-0.2, 0) is 20.8 Å². The van der Waals surface area contributed by atoms with Gasteiger partial charge in [-0.05, 0) is 13.3 Å². The van der Waals surface area contributed by atoms with Crippen molar-refractivity contribution in [1.82, 2.24) is 15.5 Å². The zero-order valence-corrected chi connectivity index (χ0v) is 10.8. The summed E-state index contributed by atoms with van der Waals surface area (Å²) in [4.78, 5) is 36.7. The minimum atomic E-state index is -1.27. The first-order valence-corrected chi connectivity index (χ1v) is 5.91. The lowest BCUT2D eigenvalue weighted by Crippen LogP contribution is -2.41. The number of hydrogen-bond acceptors (Lipinski definition) is 6. The molecule has 0 aromatic carbocycles. The highest BCUT2D eigenvalue weighted by Gasteiger charge is 2.21. The van der Waals surface area contributed by atoms with E-state index in [1.807, 2.05) is 0 Å². The molecule has 0 aliphatic carbocycles. The number of nitrogens with one attached hydrogen (secondary N) is 1. The molecule has 0 spiro atoms. The highest BCUT2D eigenvalue weighted by Crippen LogP contribution is 2.02. The number of hydrogen-bond donors (Lipinski definition) is 3. The monoisotopic (exact) mass is 285 g/mol. The maximum atomic E-state index is 11.6. The molecule has 0 bridgehead atoms. The standard InChI is InChI=1S/C11H15N3O6/c1-6-12-9(20-14-6)4-3-8(15)13-7(11(18)19)2-5-10(16)17/h7H,2-5H2,1H3,(H,13,15)(H,16,17)(H,18,19)/t7-/m0/s1. The van der Waals surface area contributed by atoms with E-state index in [1.165, 1.54) is 0 Å². The van der Waals surface area contributed by atoms with Crippen molar-refractivity contribution >= 4 is 17.8 Å². The second kappa shape index (κ2) is 7.22. The molecular formula is C11H15N3O6. The smallest absolute Gasteiger partial charge is 0.326 e. The third-order valence-electron chi connectivity index (χ3n) is 2.42. The van der Waals surface area contributed by atoms with Gasteiger partial charge in [0.2, 0.25) is 11.8 Å². The summed E-state index contributed by atoms with van der Waals surface area (Å²) < 4.78 is 4.81. The first-order chi connectivity index (χ1) is 9.38. The van der Waals surface area contributed by atoms with Crippen LogP contribution in [0.5, 0.6) is 0 Å². The van der Waals surface area contributed by atoms with Crippen molar-refractivity contribution in [3.63, 3.8) is 0 Å². The van der Waals surface area contributed by atoms with Gasteiger partial charge in [-0.3, -0.25) is 9.59 Å². The molecule has 0 saturated carbocycles. The van der Waals surface area contributed by atoms with Gasteiger partial charge in [0, 0.05) is 19.3 Å². The Labute approximate surface area is 114 Å². The number of nitrogens with zero attached hydrogens (tertiary/aromatic N) is 2. The SMILES string of the molecule is Cc1noc(CCC(=O)N[C@@H](CCC(=O)O)C(=O)O)n1. The Kier molecular flexibility index (Phi) is 5.63. The average molecular weight is 285 g/mol. The van der Waals surface area contributed by atoms with Crippen molar-refractivity contribution in [2.75, 3.05) is 0 Å². The molecule has 0 aliphatic heterocycles. The van der Waals surface area contributed by atoms with Gasteiger partial charge in [-0.1, -0.05) is 5.16 Å². The predicted molar refractivity (Wildman–Crippen MR) is 63.8 cm³/mol. The fraction of sp³-hybridized carbons (Fsp3) is 0.545. The van der Waals surface area contributed by atoms with E-state index in [0.717, 1.165) is 0 Å². The molecule has 9 heteroatoms. The normalized spacial score (nSPS) is 11.8. The van der Waals surface area contributed by atoms with Crippen molar-refractivity contribution in [3.05, 3.63) is 11.7 Å². The van der Waals surface area contributed by atoms with Crippen LogP contribution in [-0.4, -0.2) is 44.2 Å². The molecule has 1 aromatic heterocycles. The molecule has 1 atom stereocenters.